The topological polar surface area (TPSA) is 52.3 Å². The molecule has 0 saturated heterocycles. The van der Waals surface area contributed by atoms with Crippen LogP contribution in [-0.2, 0) is 9.53 Å². The molecule has 1 fully saturated rings. The smallest absolute Gasteiger partial charge is 0.306 e. The number of benzene rings is 1. The number of thioether (sulfide) groups is 1. The number of rotatable bonds is 7. The fourth-order valence-corrected chi connectivity index (χ4v) is 3.71. The van der Waals surface area contributed by atoms with Crippen molar-refractivity contribution >= 4 is 17.7 Å². The maximum absolute atomic E-state index is 11.4. The van der Waals surface area contributed by atoms with Gasteiger partial charge in [0.15, 0.2) is 0 Å². The third-order valence-electron chi connectivity index (χ3n) is 4.00. The fraction of sp³-hybridized carbons (Fsp3) is 0.562. The summed E-state index contributed by atoms with van der Waals surface area (Å²) in [6.45, 7) is 2.10. The van der Waals surface area contributed by atoms with Crippen molar-refractivity contribution in [1.82, 2.24) is 0 Å². The number of hydrogen-bond donors (Lipinski definition) is 1. The summed E-state index contributed by atoms with van der Waals surface area (Å²) in [4.78, 5) is 12.7. The highest BCUT2D eigenvalue weighted by Gasteiger charge is 2.44. The maximum Gasteiger partial charge on any atom is 0.306 e. The molecule has 0 aliphatic heterocycles. The average molecular weight is 293 g/mol. The van der Waals surface area contributed by atoms with Crippen LogP contribution in [0.1, 0.15) is 44.2 Å². The van der Waals surface area contributed by atoms with Crippen molar-refractivity contribution in [1.29, 1.82) is 0 Å². The number of nitrogens with two attached hydrogens (primary N) is 1. The minimum atomic E-state index is -0.0957. The highest BCUT2D eigenvalue weighted by Crippen LogP contribution is 2.52. The molecule has 0 bridgehead atoms. The highest BCUT2D eigenvalue weighted by molar-refractivity contribution is 7.99. The van der Waals surface area contributed by atoms with Gasteiger partial charge in [-0.2, -0.15) is 0 Å². The molecule has 0 amide bonds. The van der Waals surface area contributed by atoms with E-state index in [2.05, 4.69) is 19.1 Å². The van der Waals surface area contributed by atoms with E-state index in [4.69, 9.17) is 10.5 Å². The number of carbonyl (C=O) groups excluding carboxylic acids is 1. The van der Waals surface area contributed by atoms with Crippen molar-refractivity contribution < 1.29 is 9.53 Å². The highest BCUT2D eigenvalue weighted by atomic mass is 32.2. The van der Waals surface area contributed by atoms with Crippen LogP contribution in [0.2, 0.25) is 0 Å². The molecule has 0 radical (unpaired) electrons. The molecule has 0 aromatic heterocycles. The van der Waals surface area contributed by atoms with Crippen LogP contribution in [0.5, 0.6) is 0 Å². The van der Waals surface area contributed by atoms with Gasteiger partial charge >= 0.3 is 5.97 Å². The summed E-state index contributed by atoms with van der Waals surface area (Å²) >= 11 is 1.82. The molecule has 2 rings (SSSR count). The van der Waals surface area contributed by atoms with Gasteiger partial charge in [-0.1, -0.05) is 25.1 Å². The predicted octanol–water partition coefficient (Wildman–Crippen LogP) is 3.53. The maximum atomic E-state index is 11.4. The summed E-state index contributed by atoms with van der Waals surface area (Å²) in [5.74, 6) is 0.872. The molecular weight excluding hydrogens is 270 g/mol. The van der Waals surface area contributed by atoms with Crippen molar-refractivity contribution in [2.75, 3.05) is 12.9 Å². The first-order valence-electron chi connectivity index (χ1n) is 7.14. The van der Waals surface area contributed by atoms with Crippen LogP contribution in [-0.4, -0.2) is 18.8 Å². The normalized spacial score (nSPS) is 17.6. The summed E-state index contributed by atoms with van der Waals surface area (Å²) in [5, 5.41) is 0. The molecule has 1 aromatic carbocycles. The Labute approximate surface area is 125 Å². The summed E-state index contributed by atoms with van der Waals surface area (Å²) < 4.78 is 4.79. The summed E-state index contributed by atoms with van der Waals surface area (Å²) in [6.07, 6.45) is 3.72. The molecule has 1 atom stereocenters. The van der Waals surface area contributed by atoms with E-state index in [9.17, 15) is 4.79 Å². The monoisotopic (exact) mass is 293 g/mol. The van der Waals surface area contributed by atoms with Crippen molar-refractivity contribution in [3.8, 4) is 0 Å². The number of esters is 1. The quantitative estimate of drug-likeness (QED) is 0.617. The lowest BCUT2D eigenvalue weighted by Crippen LogP contribution is -2.14. The van der Waals surface area contributed by atoms with Gasteiger partial charge in [-0.05, 0) is 36.3 Å². The zero-order valence-electron chi connectivity index (χ0n) is 12.2. The van der Waals surface area contributed by atoms with Crippen molar-refractivity contribution in [2.24, 2.45) is 11.1 Å². The molecule has 0 spiro atoms. The summed E-state index contributed by atoms with van der Waals surface area (Å²) in [5.41, 5.74) is 7.54. The van der Waals surface area contributed by atoms with E-state index in [1.807, 2.05) is 23.9 Å². The summed E-state index contributed by atoms with van der Waals surface area (Å²) in [6, 6.07) is 8.42. The van der Waals surface area contributed by atoms with Crippen LogP contribution in [0.4, 0.5) is 0 Å². The molecule has 3 nitrogen and oxygen atoms in total. The first-order valence-corrected chi connectivity index (χ1v) is 8.13. The van der Waals surface area contributed by atoms with Gasteiger partial charge in [0.05, 0.1) is 13.5 Å². The molecule has 20 heavy (non-hydrogen) atoms. The van der Waals surface area contributed by atoms with E-state index >= 15 is 0 Å². The second-order valence-electron chi connectivity index (χ2n) is 5.59. The van der Waals surface area contributed by atoms with Gasteiger partial charge in [0.25, 0.3) is 0 Å². The van der Waals surface area contributed by atoms with Crippen molar-refractivity contribution in [3.05, 3.63) is 29.8 Å². The Morgan fingerprint density at radius 3 is 2.75 bits per heavy atom. The molecule has 1 aliphatic carbocycles. The minimum absolute atomic E-state index is 0.0921. The van der Waals surface area contributed by atoms with Gasteiger partial charge in [-0.25, -0.2) is 0 Å². The molecule has 1 aliphatic rings. The number of ether oxygens (including phenoxy) is 1. The lowest BCUT2D eigenvalue weighted by molar-refractivity contribution is -0.141. The molecule has 2 N–H and O–H groups in total. The first kappa shape index (κ1) is 15.4. The molecular formula is C16H23NO2S. The number of methoxy groups -OCH3 is 1. The lowest BCUT2D eigenvalue weighted by atomic mass is 10.1. The van der Waals surface area contributed by atoms with Crippen LogP contribution in [0.25, 0.3) is 0 Å². The Morgan fingerprint density at radius 1 is 1.45 bits per heavy atom. The van der Waals surface area contributed by atoms with Crippen LogP contribution in [0.15, 0.2) is 29.2 Å². The van der Waals surface area contributed by atoms with E-state index in [1.54, 1.807) is 0 Å². The molecule has 1 saturated carbocycles. The zero-order valence-corrected chi connectivity index (χ0v) is 13.0. The molecule has 1 aromatic rings. The Balaban J connectivity index is 1.99. The standard InChI is InChI=1S/C16H23NO2S/c1-3-13(17)12-6-4-5-7-14(12)20-11-16(8-9-16)10-15(18)19-2/h4-7,13H,3,8-11,17H2,1-2H3. The number of hydrogen-bond acceptors (Lipinski definition) is 4. The van der Waals surface area contributed by atoms with Crippen molar-refractivity contribution in [3.63, 3.8) is 0 Å². The van der Waals surface area contributed by atoms with E-state index in [-0.39, 0.29) is 17.4 Å². The largest absolute Gasteiger partial charge is 0.469 e. The van der Waals surface area contributed by atoms with Crippen molar-refractivity contribution in [2.45, 2.75) is 43.5 Å². The second-order valence-corrected chi connectivity index (χ2v) is 6.61. The van der Waals surface area contributed by atoms with E-state index in [0.717, 1.165) is 25.0 Å². The van der Waals surface area contributed by atoms with Gasteiger partial charge in [-0.3, -0.25) is 4.79 Å². The van der Waals surface area contributed by atoms with Crippen LogP contribution >= 0.6 is 11.8 Å². The van der Waals surface area contributed by atoms with Gasteiger partial charge < -0.3 is 10.5 Å². The third kappa shape index (κ3) is 3.76. The SMILES string of the molecule is CCC(N)c1ccccc1SCC1(CC(=O)OC)CC1. The Bertz CT molecular complexity index is 471. The van der Waals surface area contributed by atoms with Gasteiger partial charge in [0.1, 0.15) is 0 Å². The Hall–Kier alpha value is -1.00. The fourth-order valence-electron chi connectivity index (χ4n) is 2.30. The molecule has 4 heteroatoms. The van der Waals surface area contributed by atoms with Crippen LogP contribution < -0.4 is 5.73 Å². The molecule has 110 valence electrons. The van der Waals surface area contributed by atoms with E-state index < -0.39 is 0 Å². The van der Waals surface area contributed by atoms with Crippen LogP contribution in [0.3, 0.4) is 0 Å². The van der Waals surface area contributed by atoms with Gasteiger partial charge in [-0.15, -0.1) is 11.8 Å². The van der Waals surface area contributed by atoms with E-state index in [1.165, 1.54) is 17.6 Å². The third-order valence-corrected chi connectivity index (χ3v) is 5.44. The minimum Gasteiger partial charge on any atom is -0.469 e. The van der Waals surface area contributed by atoms with Crippen LogP contribution in [0, 0.1) is 5.41 Å². The average Bonchev–Trinajstić information content (AvgIpc) is 3.24. The first-order chi connectivity index (χ1) is 9.60. The second kappa shape index (κ2) is 6.64. The summed E-state index contributed by atoms with van der Waals surface area (Å²) in [7, 11) is 1.46. The van der Waals surface area contributed by atoms with Gasteiger partial charge in [0.2, 0.25) is 0 Å². The molecule has 1 unspecified atom stereocenters. The lowest BCUT2D eigenvalue weighted by Gasteiger charge is -2.17. The number of carbonyl (C=O) groups is 1. The Morgan fingerprint density at radius 2 is 2.15 bits per heavy atom. The predicted molar refractivity (Wildman–Crippen MR) is 82.7 cm³/mol. The Kier molecular flexibility index (Phi) is 5.11. The zero-order chi connectivity index (χ0) is 14.6. The van der Waals surface area contributed by atoms with E-state index in [0.29, 0.717) is 6.42 Å². The molecule has 0 heterocycles. The van der Waals surface area contributed by atoms with Gasteiger partial charge in [0, 0.05) is 16.7 Å².